The number of carbonyl (C=O) groups is 4. The maximum Gasteiger partial charge on any atom is 0.251 e. The van der Waals surface area contributed by atoms with Gasteiger partial charge in [0.05, 0.1) is 50.5 Å². The Balaban J connectivity index is 1.15. The Labute approximate surface area is 244 Å². The van der Waals surface area contributed by atoms with Crippen LogP contribution < -0.4 is 29.9 Å². The zero-order valence-corrected chi connectivity index (χ0v) is 23.7. The van der Waals surface area contributed by atoms with Crippen molar-refractivity contribution in [1.82, 2.24) is 10.6 Å². The van der Waals surface area contributed by atoms with Gasteiger partial charge in [0.2, 0.25) is 11.8 Å². The second-order valence-electron chi connectivity index (χ2n) is 10.3. The zero-order valence-electron chi connectivity index (χ0n) is 23.7. The van der Waals surface area contributed by atoms with Crippen molar-refractivity contribution in [1.29, 1.82) is 0 Å². The quantitative estimate of drug-likeness (QED) is 0.319. The summed E-state index contributed by atoms with van der Waals surface area (Å²) >= 11 is 0. The molecular formula is C32H34N4O6. The second-order valence-corrected chi connectivity index (χ2v) is 10.3. The summed E-state index contributed by atoms with van der Waals surface area (Å²) in [6.07, 6.45) is 1.48. The van der Waals surface area contributed by atoms with Crippen molar-refractivity contribution >= 4 is 35.0 Å². The first-order chi connectivity index (χ1) is 20.4. The number of hydrogen-bond donors (Lipinski definition) is 2. The van der Waals surface area contributed by atoms with Gasteiger partial charge in [0.15, 0.2) is 0 Å². The summed E-state index contributed by atoms with van der Waals surface area (Å²) in [5.74, 6) is 0.269. The van der Waals surface area contributed by atoms with Crippen molar-refractivity contribution in [2.24, 2.45) is 0 Å². The van der Waals surface area contributed by atoms with Gasteiger partial charge in [-0.1, -0.05) is 24.3 Å². The van der Waals surface area contributed by atoms with Crippen LogP contribution in [0.15, 0.2) is 72.8 Å². The molecule has 10 heteroatoms. The molecule has 0 aliphatic carbocycles. The van der Waals surface area contributed by atoms with Crippen LogP contribution in [0.2, 0.25) is 0 Å². The molecule has 0 bridgehead atoms. The number of carbonyl (C=O) groups excluding carboxylic acids is 4. The van der Waals surface area contributed by atoms with Gasteiger partial charge in [-0.25, -0.2) is 9.80 Å². The molecule has 2 aliphatic rings. The van der Waals surface area contributed by atoms with E-state index in [1.165, 1.54) is 0 Å². The third-order valence-electron chi connectivity index (χ3n) is 7.54. The van der Waals surface area contributed by atoms with E-state index in [1.54, 1.807) is 38.5 Å². The molecule has 0 spiro atoms. The molecule has 5 rings (SSSR count). The second kappa shape index (κ2) is 13.0. The molecule has 2 saturated heterocycles. The van der Waals surface area contributed by atoms with Crippen LogP contribution in [0, 0.1) is 0 Å². The molecule has 2 N–H and O–H groups in total. The number of hydrogen-bond acceptors (Lipinski definition) is 8. The van der Waals surface area contributed by atoms with Crippen molar-refractivity contribution in [2.75, 3.05) is 37.1 Å². The van der Waals surface area contributed by atoms with Crippen molar-refractivity contribution < 1.29 is 28.7 Å². The van der Waals surface area contributed by atoms with Gasteiger partial charge in [0.1, 0.15) is 11.5 Å². The normalized spacial score (nSPS) is 18.7. The maximum atomic E-state index is 13.1. The first-order valence-electron chi connectivity index (χ1n) is 13.9. The molecule has 0 radical (unpaired) electrons. The van der Waals surface area contributed by atoms with Crippen molar-refractivity contribution in [3.63, 3.8) is 0 Å². The third kappa shape index (κ3) is 6.35. The molecule has 2 atom stereocenters. The number of nitrogens with one attached hydrogen (secondary N) is 2. The Bertz CT molecular complexity index is 1360. The summed E-state index contributed by atoms with van der Waals surface area (Å²) in [4.78, 5) is 54.0. The summed E-state index contributed by atoms with van der Waals surface area (Å²) in [5, 5.41) is 6.38. The Morgan fingerprint density at radius 2 is 1.05 bits per heavy atom. The summed E-state index contributed by atoms with van der Waals surface area (Å²) < 4.78 is 10.5. The monoisotopic (exact) mass is 570 g/mol. The van der Waals surface area contributed by atoms with E-state index in [0.29, 0.717) is 37.3 Å². The van der Waals surface area contributed by atoms with Crippen molar-refractivity contribution in [3.05, 3.63) is 83.9 Å². The van der Waals surface area contributed by atoms with Gasteiger partial charge in [-0.05, 0) is 85.6 Å². The topological polar surface area (TPSA) is 117 Å². The Hall–Kier alpha value is -4.54. The Morgan fingerprint density at radius 1 is 0.643 bits per heavy atom. The molecule has 2 aliphatic heterocycles. The van der Waals surface area contributed by atoms with Crippen molar-refractivity contribution in [2.45, 2.75) is 37.8 Å². The molecule has 2 heterocycles. The van der Waals surface area contributed by atoms with Crippen LogP contribution in [0.1, 0.15) is 24.0 Å². The fourth-order valence-corrected chi connectivity index (χ4v) is 5.31. The van der Waals surface area contributed by atoms with E-state index in [1.807, 2.05) is 48.5 Å². The zero-order chi connectivity index (χ0) is 29.6. The van der Waals surface area contributed by atoms with Crippen LogP contribution in [0.5, 0.6) is 11.5 Å². The molecule has 218 valence electrons. The molecular weight excluding hydrogens is 536 g/mol. The minimum absolute atomic E-state index is 0.0604. The Morgan fingerprint density at radius 3 is 1.43 bits per heavy atom. The number of anilines is 2. The lowest BCUT2D eigenvalue weighted by Gasteiger charge is -2.19. The predicted octanol–water partition coefficient (Wildman–Crippen LogP) is 2.63. The number of amides is 4. The molecule has 0 saturated carbocycles. The molecule has 0 aromatic heterocycles. The van der Waals surface area contributed by atoms with Crippen LogP contribution in [0.4, 0.5) is 11.4 Å². The largest absolute Gasteiger partial charge is 0.497 e. The molecule has 3 aromatic rings. The number of nitrogens with zero attached hydrogens (tertiary/aromatic N) is 2. The van der Waals surface area contributed by atoms with Crippen LogP contribution in [0.3, 0.4) is 0 Å². The van der Waals surface area contributed by atoms with Gasteiger partial charge in [0.25, 0.3) is 11.8 Å². The number of methoxy groups -OCH3 is 2. The van der Waals surface area contributed by atoms with Crippen LogP contribution >= 0.6 is 0 Å². The molecule has 42 heavy (non-hydrogen) atoms. The third-order valence-corrected chi connectivity index (χ3v) is 7.54. The lowest BCUT2D eigenvalue weighted by Crippen LogP contribution is -2.40. The summed E-state index contributed by atoms with van der Waals surface area (Å²) in [5.41, 5.74) is 2.92. The van der Waals surface area contributed by atoms with E-state index < -0.39 is 12.1 Å². The van der Waals surface area contributed by atoms with E-state index in [-0.39, 0.29) is 36.5 Å². The highest BCUT2D eigenvalue weighted by atomic mass is 16.5. The number of benzene rings is 3. The van der Waals surface area contributed by atoms with Crippen LogP contribution in [-0.4, -0.2) is 63.0 Å². The van der Waals surface area contributed by atoms with Gasteiger partial charge >= 0.3 is 0 Å². The Kier molecular flexibility index (Phi) is 8.94. The van der Waals surface area contributed by atoms with E-state index in [2.05, 4.69) is 10.6 Å². The van der Waals surface area contributed by atoms with E-state index in [0.717, 1.165) is 32.4 Å². The van der Waals surface area contributed by atoms with Crippen LogP contribution in [-0.2, 0) is 32.0 Å². The SMILES string of the molecule is COc1cccc(CCN[C@H]2CC(=O)N(c3ccc(N4C(=O)C[C@@H](NCCc5cccc(OC)c5)C4=O)cc3)C2=O)c1. The smallest absolute Gasteiger partial charge is 0.251 e. The molecule has 3 aromatic carbocycles. The molecule has 2 fully saturated rings. The van der Waals surface area contributed by atoms with Gasteiger partial charge < -0.3 is 20.1 Å². The highest BCUT2D eigenvalue weighted by Gasteiger charge is 2.41. The molecule has 4 amide bonds. The average molecular weight is 571 g/mol. The van der Waals surface area contributed by atoms with Gasteiger partial charge in [-0.3, -0.25) is 19.2 Å². The summed E-state index contributed by atoms with van der Waals surface area (Å²) in [6, 6.07) is 20.5. The molecule has 10 nitrogen and oxygen atoms in total. The minimum atomic E-state index is -0.617. The summed E-state index contributed by atoms with van der Waals surface area (Å²) in [7, 11) is 3.23. The maximum absolute atomic E-state index is 13.1. The van der Waals surface area contributed by atoms with Gasteiger partial charge in [-0.2, -0.15) is 0 Å². The van der Waals surface area contributed by atoms with E-state index in [4.69, 9.17) is 9.47 Å². The number of ether oxygens (including phenoxy) is 2. The fourth-order valence-electron chi connectivity index (χ4n) is 5.31. The average Bonchev–Trinajstić information content (AvgIpc) is 3.45. The fraction of sp³-hybridized carbons (Fsp3) is 0.312. The number of rotatable bonds is 12. The van der Waals surface area contributed by atoms with E-state index in [9.17, 15) is 19.2 Å². The predicted molar refractivity (Wildman–Crippen MR) is 158 cm³/mol. The molecule has 0 unspecified atom stereocenters. The standard InChI is InChI=1S/C32H34N4O6/c1-41-25-7-3-5-21(17-25)13-15-33-27-19-29(37)35(31(27)39)23-9-11-24(12-10-23)36-30(38)20-28(32(36)40)34-16-14-22-6-4-8-26(18-22)42-2/h3-12,17-18,27-28,33-34H,13-16,19-20H2,1-2H3/t27-,28+. The number of imide groups is 2. The lowest BCUT2D eigenvalue weighted by molar-refractivity contribution is -0.123. The van der Waals surface area contributed by atoms with Gasteiger partial charge in [0, 0.05) is 0 Å². The lowest BCUT2D eigenvalue weighted by atomic mass is 10.1. The highest BCUT2D eigenvalue weighted by molar-refractivity contribution is 6.24. The van der Waals surface area contributed by atoms with Crippen LogP contribution in [0.25, 0.3) is 0 Å². The van der Waals surface area contributed by atoms with Crippen molar-refractivity contribution in [3.8, 4) is 11.5 Å². The first-order valence-corrected chi connectivity index (χ1v) is 13.9. The summed E-state index contributed by atoms with van der Waals surface area (Å²) in [6.45, 7) is 1.05. The minimum Gasteiger partial charge on any atom is -0.497 e. The first kappa shape index (κ1) is 29.0. The highest BCUT2D eigenvalue weighted by Crippen LogP contribution is 2.28. The van der Waals surface area contributed by atoms with Gasteiger partial charge in [-0.15, -0.1) is 0 Å². The van der Waals surface area contributed by atoms with E-state index >= 15 is 0 Å².